The Morgan fingerprint density at radius 3 is 2.42 bits per heavy atom. The molecule has 9 heteroatoms. The first-order chi connectivity index (χ1) is 18.8. The summed E-state index contributed by atoms with van der Waals surface area (Å²) in [6.45, 7) is 10.8. The summed E-state index contributed by atoms with van der Waals surface area (Å²) in [6, 6.07) is 12.5. The summed E-state index contributed by atoms with van der Waals surface area (Å²) < 4.78 is 5.37. The molecule has 3 rings (SSSR count). The number of methoxy groups -OCH3 is 1. The molecule has 3 unspecified atom stereocenters. The number of benzene rings is 2. The first kappa shape index (κ1) is 31.5. The van der Waals surface area contributed by atoms with Crippen molar-refractivity contribution < 1.29 is 24.2 Å². The zero-order chi connectivity index (χ0) is 29.5. The Labute approximate surface area is 238 Å². The molecule has 1 heterocycles. The molecule has 2 aromatic carbocycles. The lowest BCUT2D eigenvalue weighted by Gasteiger charge is -2.31. The number of rotatable bonds is 12. The summed E-state index contributed by atoms with van der Waals surface area (Å²) in [5.74, 6) is -0.794. The minimum absolute atomic E-state index is 0.0292. The van der Waals surface area contributed by atoms with Crippen LogP contribution >= 0.6 is 0 Å². The molecule has 0 aliphatic carbocycles. The number of aliphatic hydroxyl groups is 1. The number of carbonyl (C=O) groups excluding carboxylic acids is 3. The lowest BCUT2D eigenvalue weighted by atomic mass is 9.94. The van der Waals surface area contributed by atoms with Crippen molar-refractivity contribution in [1.82, 2.24) is 20.9 Å². The van der Waals surface area contributed by atoms with Crippen molar-refractivity contribution in [2.24, 2.45) is 5.41 Å². The van der Waals surface area contributed by atoms with Crippen molar-refractivity contribution in [3.05, 3.63) is 48.0 Å². The van der Waals surface area contributed by atoms with Crippen LogP contribution in [0.4, 0.5) is 0 Å². The second-order valence-corrected chi connectivity index (χ2v) is 12.3. The van der Waals surface area contributed by atoms with Crippen LogP contribution in [0.3, 0.4) is 0 Å². The predicted molar refractivity (Wildman–Crippen MR) is 157 cm³/mol. The molecule has 0 spiro atoms. The van der Waals surface area contributed by atoms with Gasteiger partial charge in [0.05, 0.1) is 11.7 Å². The number of likely N-dealkylation sites (tertiary alicyclic amines) is 1. The molecule has 0 bridgehead atoms. The predicted octanol–water partition coefficient (Wildman–Crippen LogP) is 2.40. The van der Waals surface area contributed by atoms with E-state index in [0.29, 0.717) is 19.5 Å². The average molecular weight is 555 g/mol. The van der Waals surface area contributed by atoms with E-state index in [1.165, 1.54) is 0 Å². The van der Waals surface area contributed by atoms with E-state index in [4.69, 9.17) is 4.74 Å². The van der Waals surface area contributed by atoms with Crippen LogP contribution in [0.2, 0.25) is 0 Å². The largest absolute Gasteiger partial charge is 0.390 e. The van der Waals surface area contributed by atoms with Crippen molar-refractivity contribution >= 4 is 28.5 Å². The van der Waals surface area contributed by atoms with Gasteiger partial charge in [0.25, 0.3) is 0 Å². The van der Waals surface area contributed by atoms with Crippen LogP contribution in [0.1, 0.15) is 53.0 Å². The Kier molecular flexibility index (Phi) is 10.7. The van der Waals surface area contributed by atoms with Gasteiger partial charge in [-0.15, -0.1) is 0 Å². The van der Waals surface area contributed by atoms with E-state index < -0.39 is 23.6 Å². The fraction of sp³-hybridized carbons (Fsp3) is 0.581. The highest BCUT2D eigenvalue weighted by Crippen LogP contribution is 2.26. The summed E-state index contributed by atoms with van der Waals surface area (Å²) >= 11 is 0. The van der Waals surface area contributed by atoms with E-state index in [1.807, 2.05) is 77.1 Å². The molecule has 1 fully saturated rings. The quantitative estimate of drug-likeness (QED) is 0.320. The number of nitrogens with zero attached hydrogens (tertiary/aromatic N) is 1. The molecular formula is C31H46N4O5. The molecule has 1 saturated heterocycles. The number of hydrogen-bond acceptors (Lipinski definition) is 6. The maximum Gasteiger partial charge on any atom is 0.243 e. The molecule has 1 aliphatic heterocycles. The van der Waals surface area contributed by atoms with E-state index in [1.54, 1.807) is 12.0 Å². The third kappa shape index (κ3) is 8.74. The molecule has 0 saturated carbocycles. The van der Waals surface area contributed by atoms with Gasteiger partial charge >= 0.3 is 0 Å². The van der Waals surface area contributed by atoms with Crippen molar-refractivity contribution in [3.8, 4) is 0 Å². The summed E-state index contributed by atoms with van der Waals surface area (Å²) in [7, 11) is 1.63. The third-order valence-corrected chi connectivity index (χ3v) is 7.34. The van der Waals surface area contributed by atoms with Crippen LogP contribution in [0, 0.1) is 5.41 Å². The van der Waals surface area contributed by atoms with Gasteiger partial charge in [-0.2, -0.15) is 0 Å². The standard InChI is InChI=1S/C31H46N4O5/c1-30(2,3)29(39)35-15-9-12-26(35)28(38)34-25(17-21-13-14-22-10-7-8-11-23(22)16-21)27(37)33-19-24(36)18-32-20-31(4,5)40-6/h7-8,10-11,13-14,16,24-26,32,36H,9,12,15,17-20H2,1-6H3,(H,33,37)(H,34,38). The number of aliphatic hydroxyl groups excluding tert-OH is 1. The number of hydrogen-bond donors (Lipinski definition) is 4. The van der Waals surface area contributed by atoms with Gasteiger partial charge in [0.15, 0.2) is 0 Å². The molecule has 220 valence electrons. The minimum Gasteiger partial charge on any atom is -0.390 e. The number of fused-ring (bicyclic) bond motifs is 1. The molecule has 0 aromatic heterocycles. The monoisotopic (exact) mass is 554 g/mol. The van der Waals surface area contributed by atoms with E-state index in [-0.39, 0.29) is 42.8 Å². The van der Waals surface area contributed by atoms with Gasteiger partial charge < -0.3 is 30.7 Å². The van der Waals surface area contributed by atoms with E-state index in [2.05, 4.69) is 16.0 Å². The molecule has 4 N–H and O–H groups in total. The van der Waals surface area contributed by atoms with Crippen LogP contribution < -0.4 is 16.0 Å². The lowest BCUT2D eigenvalue weighted by molar-refractivity contribution is -0.145. The molecule has 2 aromatic rings. The average Bonchev–Trinajstić information content (AvgIpc) is 3.40. The summed E-state index contributed by atoms with van der Waals surface area (Å²) in [5, 5.41) is 21.4. The fourth-order valence-electron chi connectivity index (χ4n) is 4.82. The molecule has 1 aliphatic rings. The minimum atomic E-state index is -0.867. The highest BCUT2D eigenvalue weighted by Gasteiger charge is 2.39. The fourth-order valence-corrected chi connectivity index (χ4v) is 4.82. The highest BCUT2D eigenvalue weighted by atomic mass is 16.5. The number of nitrogens with one attached hydrogen (secondary N) is 3. The van der Waals surface area contributed by atoms with Crippen LogP contribution in [0.25, 0.3) is 10.8 Å². The van der Waals surface area contributed by atoms with Crippen LogP contribution in [0.5, 0.6) is 0 Å². The van der Waals surface area contributed by atoms with Crippen molar-refractivity contribution in [2.45, 2.75) is 77.7 Å². The SMILES string of the molecule is COC(C)(C)CNCC(O)CNC(=O)C(Cc1ccc2ccccc2c1)NC(=O)C1CCCN1C(=O)C(C)(C)C. The lowest BCUT2D eigenvalue weighted by Crippen LogP contribution is -2.55. The smallest absolute Gasteiger partial charge is 0.243 e. The maximum atomic E-state index is 13.5. The first-order valence-corrected chi connectivity index (χ1v) is 14.1. The van der Waals surface area contributed by atoms with Crippen molar-refractivity contribution in [1.29, 1.82) is 0 Å². The Bertz CT molecular complexity index is 1180. The number of carbonyl (C=O) groups is 3. The van der Waals surface area contributed by atoms with Gasteiger partial charge in [0.1, 0.15) is 12.1 Å². The zero-order valence-electron chi connectivity index (χ0n) is 24.8. The maximum absolute atomic E-state index is 13.5. The third-order valence-electron chi connectivity index (χ3n) is 7.34. The van der Waals surface area contributed by atoms with Crippen LogP contribution in [0.15, 0.2) is 42.5 Å². The summed E-state index contributed by atoms with van der Waals surface area (Å²) in [4.78, 5) is 41.4. The van der Waals surface area contributed by atoms with Gasteiger partial charge in [0, 0.05) is 45.1 Å². The topological polar surface area (TPSA) is 120 Å². The summed E-state index contributed by atoms with van der Waals surface area (Å²) in [5.41, 5.74) is -0.0779. The van der Waals surface area contributed by atoms with E-state index in [9.17, 15) is 19.5 Å². The van der Waals surface area contributed by atoms with Crippen LogP contribution in [-0.2, 0) is 25.5 Å². The Hall–Kier alpha value is -3.01. The van der Waals surface area contributed by atoms with Gasteiger partial charge in [0.2, 0.25) is 17.7 Å². The van der Waals surface area contributed by atoms with Crippen LogP contribution in [-0.4, -0.2) is 84.8 Å². The van der Waals surface area contributed by atoms with Gasteiger partial charge in [-0.1, -0.05) is 63.2 Å². The molecule has 9 nitrogen and oxygen atoms in total. The molecule has 40 heavy (non-hydrogen) atoms. The second-order valence-electron chi connectivity index (χ2n) is 12.3. The first-order valence-electron chi connectivity index (χ1n) is 14.1. The molecule has 0 radical (unpaired) electrons. The van der Waals surface area contributed by atoms with Gasteiger partial charge in [-0.3, -0.25) is 14.4 Å². The zero-order valence-corrected chi connectivity index (χ0v) is 24.8. The number of amides is 3. The molecule has 3 amide bonds. The molecule has 3 atom stereocenters. The van der Waals surface area contributed by atoms with E-state index >= 15 is 0 Å². The summed E-state index contributed by atoms with van der Waals surface area (Å²) in [6.07, 6.45) is 0.753. The van der Waals surface area contributed by atoms with Gasteiger partial charge in [-0.05, 0) is 43.0 Å². The Morgan fingerprint density at radius 2 is 1.75 bits per heavy atom. The Morgan fingerprint density at radius 1 is 1.05 bits per heavy atom. The highest BCUT2D eigenvalue weighted by molar-refractivity contribution is 5.93. The van der Waals surface area contributed by atoms with E-state index in [0.717, 1.165) is 22.8 Å². The van der Waals surface area contributed by atoms with Gasteiger partial charge in [-0.25, -0.2) is 0 Å². The van der Waals surface area contributed by atoms with Crippen molar-refractivity contribution in [3.63, 3.8) is 0 Å². The molecular weight excluding hydrogens is 508 g/mol. The Balaban J connectivity index is 1.71. The van der Waals surface area contributed by atoms with Crippen molar-refractivity contribution in [2.75, 3.05) is 33.3 Å². The number of ether oxygens (including phenoxy) is 1. The second kappa shape index (κ2) is 13.6. The normalized spacial score (nSPS) is 17.5.